The van der Waals surface area contributed by atoms with Gasteiger partial charge in [-0.05, 0) is 42.2 Å². The molecule has 6 nitrogen and oxygen atoms in total. The van der Waals surface area contributed by atoms with Gasteiger partial charge in [0, 0.05) is 11.1 Å². The molecule has 6 heteroatoms. The zero-order valence-electron chi connectivity index (χ0n) is 47.2. The van der Waals surface area contributed by atoms with Crippen LogP contribution in [0.4, 0.5) is 0 Å². The molecule has 0 fully saturated rings. The van der Waals surface area contributed by atoms with E-state index in [9.17, 15) is 4.79 Å². The van der Waals surface area contributed by atoms with E-state index in [-0.39, 0.29) is 5.91 Å². The molecule has 1 amide bonds. The topological polar surface area (TPSA) is 69.2 Å². The Morgan fingerprint density at radius 1 is 0.403 bits per heavy atom. The average Bonchev–Trinajstić information content (AvgIpc) is 3.40. The van der Waals surface area contributed by atoms with Gasteiger partial charge in [0.1, 0.15) is 0 Å². The van der Waals surface area contributed by atoms with Gasteiger partial charge in [0.25, 0.3) is 5.91 Å². The molecule has 0 bridgehead atoms. The van der Waals surface area contributed by atoms with Crippen LogP contribution in [0.5, 0.6) is 17.2 Å². The molecule has 0 heterocycles. The molecule has 3 rings (SSSR count). The van der Waals surface area contributed by atoms with E-state index in [0.29, 0.717) is 42.6 Å². The lowest BCUT2D eigenvalue weighted by Crippen LogP contribution is -2.18. The van der Waals surface area contributed by atoms with Crippen LogP contribution in [0.25, 0.3) is 10.8 Å². The Kier molecular flexibility index (Phi) is 40.1. The first-order chi connectivity index (χ1) is 35.7. The number of hydrazone groups is 1. The van der Waals surface area contributed by atoms with Crippen LogP contribution in [0.2, 0.25) is 0 Å². The quantitative estimate of drug-likeness (QED) is 0.0348. The van der Waals surface area contributed by atoms with Crippen molar-refractivity contribution in [1.29, 1.82) is 0 Å². The van der Waals surface area contributed by atoms with Crippen molar-refractivity contribution in [3.63, 3.8) is 0 Å². The van der Waals surface area contributed by atoms with Crippen molar-refractivity contribution in [2.45, 2.75) is 290 Å². The van der Waals surface area contributed by atoms with Crippen molar-refractivity contribution >= 4 is 22.9 Å². The number of hydrogen-bond acceptors (Lipinski definition) is 5. The van der Waals surface area contributed by atoms with Crippen LogP contribution in [-0.2, 0) is 0 Å². The summed E-state index contributed by atoms with van der Waals surface area (Å²) in [7, 11) is 0. The van der Waals surface area contributed by atoms with Gasteiger partial charge >= 0.3 is 0 Å². The summed E-state index contributed by atoms with van der Waals surface area (Å²) in [6.07, 6.45) is 57.1. The molecular formula is C66H110N2O4. The van der Waals surface area contributed by atoms with Gasteiger partial charge in [-0.2, -0.15) is 5.10 Å². The summed E-state index contributed by atoms with van der Waals surface area (Å²) in [5, 5.41) is 6.66. The summed E-state index contributed by atoms with van der Waals surface area (Å²) >= 11 is 0. The van der Waals surface area contributed by atoms with Crippen LogP contribution in [0.1, 0.15) is 306 Å². The van der Waals surface area contributed by atoms with Crippen molar-refractivity contribution in [1.82, 2.24) is 5.43 Å². The summed E-state index contributed by atoms with van der Waals surface area (Å²) in [6, 6.07) is 18.1. The predicted molar refractivity (Wildman–Crippen MR) is 313 cm³/mol. The van der Waals surface area contributed by atoms with Gasteiger partial charge in [-0.25, -0.2) is 5.43 Å². The number of unbranched alkanes of at least 4 members (excludes halogenated alkanes) is 39. The molecule has 1 N–H and O–H groups in total. The monoisotopic (exact) mass is 995 g/mol. The second kappa shape index (κ2) is 46.0. The van der Waals surface area contributed by atoms with Crippen LogP contribution in [0, 0.1) is 0 Å². The van der Waals surface area contributed by atoms with Gasteiger partial charge in [-0.1, -0.05) is 314 Å². The minimum Gasteiger partial charge on any atom is -0.490 e. The molecule has 0 radical (unpaired) electrons. The van der Waals surface area contributed by atoms with E-state index < -0.39 is 0 Å². The lowest BCUT2D eigenvalue weighted by atomic mass is 10.0. The molecule has 0 unspecified atom stereocenters. The number of carbonyl (C=O) groups excluding carboxylic acids is 1. The van der Waals surface area contributed by atoms with Gasteiger partial charge in [0.05, 0.1) is 26.0 Å². The number of nitrogens with zero attached hydrogens (tertiary/aromatic N) is 1. The highest BCUT2D eigenvalue weighted by Gasteiger charge is 2.19. The van der Waals surface area contributed by atoms with Crippen LogP contribution in [0.15, 0.2) is 59.7 Å². The van der Waals surface area contributed by atoms with Gasteiger partial charge in [-0.15, -0.1) is 0 Å². The number of hydrogen-bond donors (Lipinski definition) is 1. The Bertz CT molecular complexity index is 1680. The molecule has 0 spiro atoms. The van der Waals surface area contributed by atoms with Crippen molar-refractivity contribution in [2.75, 3.05) is 19.8 Å². The molecule has 0 aliphatic carbocycles. The number of ether oxygens (including phenoxy) is 3. The average molecular weight is 996 g/mol. The first-order valence-electron chi connectivity index (χ1n) is 31.1. The first-order valence-corrected chi connectivity index (χ1v) is 31.1. The Labute approximate surface area is 443 Å². The summed E-state index contributed by atoms with van der Waals surface area (Å²) < 4.78 is 19.8. The van der Waals surface area contributed by atoms with Crippen LogP contribution >= 0.6 is 0 Å². The zero-order chi connectivity index (χ0) is 51.0. The van der Waals surface area contributed by atoms with E-state index in [4.69, 9.17) is 14.2 Å². The fourth-order valence-corrected chi connectivity index (χ4v) is 10.1. The smallest absolute Gasteiger partial charge is 0.271 e. The molecule has 408 valence electrons. The number of carbonyl (C=O) groups is 1. The van der Waals surface area contributed by atoms with Gasteiger partial charge in [-0.3, -0.25) is 4.79 Å². The zero-order valence-corrected chi connectivity index (χ0v) is 47.2. The van der Waals surface area contributed by atoms with Crippen molar-refractivity contribution in [2.24, 2.45) is 5.10 Å². The maximum Gasteiger partial charge on any atom is 0.271 e. The number of rotatable bonds is 51. The molecule has 0 atom stereocenters. The fraction of sp³-hybridized carbons (Fsp3) is 0.727. The summed E-state index contributed by atoms with van der Waals surface area (Å²) in [5.74, 6) is 1.53. The summed E-state index contributed by atoms with van der Waals surface area (Å²) in [5.41, 5.74) is 4.22. The molecule has 3 aromatic rings. The SMILES string of the molecule is CCCCCCCCCCCCCCCCOc1cc(C(=O)N/N=C/c2cccc3ccccc23)cc(OCCCCCCCCCCCCCCCC)c1OCCCCCCCCCCCCCCCC. The van der Waals surface area contributed by atoms with E-state index in [2.05, 4.69) is 49.5 Å². The minimum absolute atomic E-state index is 0.298. The Morgan fingerprint density at radius 2 is 0.722 bits per heavy atom. The molecule has 0 aliphatic heterocycles. The third kappa shape index (κ3) is 31.9. The number of benzene rings is 3. The molecular weight excluding hydrogens is 885 g/mol. The highest BCUT2D eigenvalue weighted by molar-refractivity contribution is 6.01. The van der Waals surface area contributed by atoms with Gasteiger partial charge in [0.15, 0.2) is 11.5 Å². The maximum absolute atomic E-state index is 13.9. The minimum atomic E-state index is -0.298. The second-order valence-corrected chi connectivity index (χ2v) is 21.4. The lowest BCUT2D eigenvalue weighted by molar-refractivity contribution is 0.0953. The number of fused-ring (bicyclic) bond motifs is 1. The van der Waals surface area contributed by atoms with Crippen LogP contribution in [0.3, 0.4) is 0 Å². The van der Waals surface area contributed by atoms with Crippen LogP contribution in [-0.4, -0.2) is 31.9 Å². The van der Waals surface area contributed by atoms with Gasteiger partial charge < -0.3 is 14.2 Å². The molecule has 72 heavy (non-hydrogen) atoms. The number of nitrogens with one attached hydrogen (secondary N) is 1. The fourth-order valence-electron chi connectivity index (χ4n) is 10.1. The predicted octanol–water partition coefficient (Wildman–Crippen LogP) is 21.2. The third-order valence-corrected chi connectivity index (χ3v) is 14.7. The maximum atomic E-state index is 13.9. The van der Waals surface area contributed by atoms with Crippen molar-refractivity contribution < 1.29 is 19.0 Å². The Hall–Kier alpha value is -3.54. The van der Waals surface area contributed by atoms with E-state index in [1.54, 1.807) is 6.21 Å². The summed E-state index contributed by atoms with van der Waals surface area (Å²) in [6.45, 7) is 8.64. The number of amides is 1. The van der Waals surface area contributed by atoms with Gasteiger partial charge in [0.2, 0.25) is 5.75 Å². The first kappa shape index (κ1) is 62.8. The third-order valence-electron chi connectivity index (χ3n) is 14.7. The summed E-state index contributed by atoms with van der Waals surface area (Å²) in [4.78, 5) is 13.9. The standard InChI is InChI=1S/C66H110N2O4/c1-4-7-10-13-16-19-22-25-28-31-34-37-40-45-53-70-63-56-61(66(69)68-67-58-60-51-48-50-59-49-43-44-52-62(59)60)57-64(71-54-46-41-38-35-32-29-26-23-20-17-14-11-8-5-2)65(63)72-55-47-42-39-36-33-30-27-24-21-18-15-12-9-6-3/h43-44,48-52,56-58H,4-42,45-47,53-55H2,1-3H3,(H,68,69)/b67-58+. The molecule has 0 saturated carbocycles. The Balaban J connectivity index is 1.58. The van der Waals surface area contributed by atoms with E-state index in [1.807, 2.05) is 36.4 Å². The van der Waals surface area contributed by atoms with Crippen LogP contribution < -0.4 is 19.6 Å². The highest BCUT2D eigenvalue weighted by atomic mass is 16.5. The van der Waals surface area contributed by atoms with Crippen molar-refractivity contribution in [3.8, 4) is 17.2 Å². The molecule has 3 aromatic carbocycles. The molecule has 0 aromatic heterocycles. The largest absolute Gasteiger partial charge is 0.490 e. The normalized spacial score (nSPS) is 11.5. The van der Waals surface area contributed by atoms with Crippen molar-refractivity contribution in [3.05, 3.63) is 65.7 Å². The van der Waals surface area contributed by atoms with E-state index in [0.717, 1.165) is 54.9 Å². The van der Waals surface area contributed by atoms with E-state index >= 15 is 0 Å². The van der Waals surface area contributed by atoms with E-state index in [1.165, 1.54) is 231 Å². The Morgan fingerprint density at radius 3 is 1.10 bits per heavy atom. The molecule has 0 saturated heterocycles. The second-order valence-electron chi connectivity index (χ2n) is 21.4. The molecule has 0 aliphatic rings. The lowest BCUT2D eigenvalue weighted by Gasteiger charge is -2.19. The highest BCUT2D eigenvalue weighted by Crippen LogP contribution is 2.40.